The second kappa shape index (κ2) is 4.94. The summed E-state index contributed by atoms with van der Waals surface area (Å²) in [4.78, 5) is 2.13. The van der Waals surface area contributed by atoms with E-state index in [1.807, 2.05) is 19.2 Å². The molecule has 0 radical (unpaired) electrons. The Morgan fingerprint density at radius 2 is 1.88 bits per heavy atom. The Balaban J connectivity index is 2.45. The van der Waals surface area contributed by atoms with Gasteiger partial charge in [0, 0.05) is 13.1 Å². The molecule has 1 aliphatic rings. The van der Waals surface area contributed by atoms with Gasteiger partial charge in [0.25, 0.3) is 0 Å². The monoisotopic (exact) mass is 237 g/mol. The number of methoxy groups -OCH3 is 2. The van der Waals surface area contributed by atoms with E-state index in [9.17, 15) is 5.11 Å². The molecule has 0 fully saturated rings. The third-order valence-electron chi connectivity index (χ3n) is 3.25. The van der Waals surface area contributed by atoms with Crippen LogP contribution in [0.15, 0.2) is 12.1 Å². The van der Waals surface area contributed by atoms with E-state index >= 15 is 0 Å². The summed E-state index contributed by atoms with van der Waals surface area (Å²) in [7, 11) is 5.26. The predicted octanol–water partition coefficient (Wildman–Crippen LogP) is 1.23. The molecule has 1 heterocycles. The van der Waals surface area contributed by atoms with Gasteiger partial charge in [-0.05, 0) is 36.7 Å². The molecule has 0 bridgehead atoms. The number of hydrogen-bond acceptors (Lipinski definition) is 4. The number of rotatable bonds is 2. The molecule has 0 aromatic heterocycles. The number of ether oxygens (including phenoxy) is 2. The molecule has 17 heavy (non-hydrogen) atoms. The number of aliphatic hydroxyl groups is 1. The Labute approximate surface area is 102 Å². The molecular weight excluding hydrogens is 218 g/mol. The fraction of sp³-hybridized carbons (Fsp3) is 0.538. The molecule has 4 heteroatoms. The van der Waals surface area contributed by atoms with Gasteiger partial charge in [0.05, 0.1) is 20.3 Å². The third-order valence-corrected chi connectivity index (χ3v) is 3.25. The van der Waals surface area contributed by atoms with E-state index in [0.29, 0.717) is 12.3 Å². The first kappa shape index (κ1) is 12.2. The summed E-state index contributed by atoms with van der Waals surface area (Å²) in [5.41, 5.74) is 2.09. The van der Waals surface area contributed by atoms with Crippen molar-refractivity contribution in [3.05, 3.63) is 23.3 Å². The van der Waals surface area contributed by atoms with Crippen LogP contribution < -0.4 is 9.47 Å². The summed E-state index contributed by atoms with van der Waals surface area (Å²) in [6.07, 6.45) is 0.459. The molecule has 1 atom stereocenters. The zero-order chi connectivity index (χ0) is 12.4. The van der Waals surface area contributed by atoms with Gasteiger partial charge in [-0.1, -0.05) is 0 Å². The lowest BCUT2D eigenvalue weighted by Crippen LogP contribution is -2.23. The minimum atomic E-state index is -0.461. The normalized spacial score (nSPS) is 20.6. The SMILES string of the molecule is COc1cc2c(cc1OC)C(O)CN(C)CC2. The van der Waals surface area contributed by atoms with E-state index in [2.05, 4.69) is 4.90 Å². The second-order valence-electron chi connectivity index (χ2n) is 4.43. The van der Waals surface area contributed by atoms with Crippen LogP contribution >= 0.6 is 0 Å². The summed E-state index contributed by atoms with van der Waals surface area (Å²) in [5, 5.41) is 10.2. The van der Waals surface area contributed by atoms with Crippen LogP contribution in [0.25, 0.3) is 0 Å². The lowest BCUT2D eigenvalue weighted by atomic mass is 10.0. The van der Waals surface area contributed by atoms with Crippen molar-refractivity contribution in [3.63, 3.8) is 0 Å². The zero-order valence-corrected chi connectivity index (χ0v) is 10.6. The number of hydrogen-bond donors (Lipinski definition) is 1. The average Bonchev–Trinajstić information content (AvgIpc) is 2.47. The molecule has 1 aromatic rings. The Morgan fingerprint density at radius 3 is 2.53 bits per heavy atom. The molecule has 1 aliphatic heterocycles. The Morgan fingerprint density at radius 1 is 1.24 bits per heavy atom. The van der Waals surface area contributed by atoms with Gasteiger partial charge in [-0.2, -0.15) is 0 Å². The first-order valence-electron chi connectivity index (χ1n) is 5.77. The largest absolute Gasteiger partial charge is 0.493 e. The molecule has 0 spiro atoms. The molecular formula is C13H19NO3. The van der Waals surface area contributed by atoms with E-state index in [0.717, 1.165) is 29.8 Å². The van der Waals surface area contributed by atoms with Gasteiger partial charge in [-0.15, -0.1) is 0 Å². The molecule has 1 aromatic carbocycles. The fourth-order valence-electron chi connectivity index (χ4n) is 2.26. The molecule has 0 aliphatic carbocycles. The number of aliphatic hydroxyl groups excluding tert-OH is 1. The summed E-state index contributed by atoms with van der Waals surface area (Å²) in [6, 6.07) is 3.86. The highest BCUT2D eigenvalue weighted by atomic mass is 16.5. The summed E-state index contributed by atoms with van der Waals surface area (Å²) in [5.74, 6) is 1.40. The number of benzene rings is 1. The molecule has 0 saturated carbocycles. The van der Waals surface area contributed by atoms with Crippen LogP contribution in [0, 0.1) is 0 Å². The maximum atomic E-state index is 10.2. The second-order valence-corrected chi connectivity index (χ2v) is 4.43. The van der Waals surface area contributed by atoms with E-state index in [1.165, 1.54) is 0 Å². The number of nitrogens with zero attached hydrogens (tertiary/aromatic N) is 1. The summed E-state index contributed by atoms with van der Waals surface area (Å²) < 4.78 is 10.6. The van der Waals surface area contributed by atoms with Gasteiger partial charge in [0.2, 0.25) is 0 Å². The zero-order valence-electron chi connectivity index (χ0n) is 10.6. The molecule has 94 valence electrons. The van der Waals surface area contributed by atoms with Gasteiger partial charge in [0.15, 0.2) is 11.5 Å². The molecule has 0 saturated heterocycles. The van der Waals surface area contributed by atoms with Gasteiger partial charge < -0.3 is 19.5 Å². The highest BCUT2D eigenvalue weighted by Crippen LogP contribution is 2.34. The van der Waals surface area contributed by atoms with Crippen LogP contribution in [0.2, 0.25) is 0 Å². The number of fused-ring (bicyclic) bond motifs is 1. The topological polar surface area (TPSA) is 41.9 Å². The molecule has 1 unspecified atom stereocenters. The van der Waals surface area contributed by atoms with Gasteiger partial charge in [-0.3, -0.25) is 0 Å². The molecule has 0 amide bonds. The first-order valence-corrected chi connectivity index (χ1v) is 5.77. The average molecular weight is 237 g/mol. The van der Waals surface area contributed by atoms with Crippen molar-refractivity contribution >= 4 is 0 Å². The highest BCUT2D eigenvalue weighted by Gasteiger charge is 2.21. The molecule has 4 nitrogen and oxygen atoms in total. The maximum absolute atomic E-state index is 10.2. The van der Waals surface area contributed by atoms with Crippen molar-refractivity contribution in [2.75, 3.05) is 34.4 Å². The lowest BCUT2D eigenvalue weighted by Gasteiger charge is -2.17. The molecule has 2 rings (SSSR count). The summed E-state index contributed by atoms with van der Waals surface area (Å²) >= 11 is 0. The van der Waals surface area contributed by atoms with Gasteiger partial charge in [0.1, 0.15) is 0 Å². The quantitative estimate of drug-likeness (QED) is 0.840. The van der Waals surface area contributed by atoms with Crippen LogP contribution in [0.1, 0.15) is 17.2 Å². The lowest BCUT2D eigenvalue weighted by molar-refractivity contribution is 0.133. The third kappa shape index (κ3) is 2.37. The van der Waals surface area contributed by atoms with E-state index < -0.39 is 6.10 Å². The van der Waals surface area contributed by atoms with Gasteiger partial charge >= 0.3 is 0 Å². The van der Waals surface area contributed by atoms with Crippen LogP contribution in [-0.4, -0.2) is 44.4 Å². The van der Waals surface area contributed by atoms with Crippen LogP contribution in [-0.2, 0) is 6.42 Å². The minimum Gasteiger partial charge on any atom is -0.493 e. The smallest absolute Gasteiger partial charge is 0.161 e. The highest BCUT2D eigenvalue weighted by molar-refractivity contribution is 5.48. The van der Waals surface area contributed by atoms with E-state index in [4.69, 9.17) is 9.47 Å². The Hall–Kier alpha value is -1.26. The van der Waals surface area contributed by atoms with E-state index in [-0.39, 0.29) is 0 Å². The van der Waals surface area contributed by atoms with Crippen molar-refractivity contribution < 1.29 is 14.6 Å². The number of β-amino-alcohol motifs (C(OH)–C–C–N with tert-alkyl or cyclic N) is 1. The van der Waals surface area contributed by atoms with Crippen molar-refractivity contribution in [2.45, 2.75) is 12.5 Å². The Kier molecular flexibility index (Phi) is 3.54. The molecule has 1 N–H and O–H groups in total. The van der Waals surface area contributed by atoms with Gasteiger partial charge in [-0.25, -0.2) is 0 Å². The van der Waals surface area contributed by atoms with Crippen LogP contribution in [0.5, 0.6) is 11.5 Å². The first-order chi connectivity index (χ1) is 8.15. The number of likely N-dealkylation sites (N-methyl/N-ethyl adjacent to an activating group) is 1. The van der Waals surface area contributed by atoms with Crippen molar-refractivity contribution in [3.8, 4) is 11.5 Å². The Bertz CT molecular complexity index is 406. The fourth-order valence-corrected chi connectivity index (χ4v) is 2.26. The van der Waals surface area contributed by atoms with Crippen LogP contribution in [0.4, 0.5) is 0 Å². The van der Waals surface area contributed by atoms with Crippen molar-refractivity contribution in [2.24, 2.45) is 0 Å². The standard InChI is InChI=1S/C13H19NO3/c1-14-5-4-9-6-12(16-2)13(17-3)7-10(9)11(15)8-14/h6-7,11,15H,4-5,8H2,1-3H3. The maximum Gasteiger partial charge on any atom is 0.161 e. The predicted molar refractivity (Wildman–Crippen MR) is 65.7 cm³/mol. The van der Waals surface area contributed by atoms with Crippen molar-refractivity contribution in [1.82, 2.24) is 4.90 Å². The summed E-state index contributed by atoms with van der Waals surface area (Å²) in [6.45, 7) is 1.60. The van der Waals surface area contributed by atoms with Crippen LogP contribution in [0.3, 0.4) is 0 Å². The minimum absolute atomic E-state index is 0.461. The van der Waals surface area contributed by atoms with Crippen molar-refractivity contribution in [1.29, 1.82) is 0 Å². The van der Waals surface area contributed by atoms with E-state index in [1.54, 1.807) is 14.2 Å².